The number of hydrogen-bond donors (Lipinski definition) is 1. The first-order valence-electron chi connectivity index (χ1n) is 4.30. The van der Waals surface area contributed by atoms with Crippen LogP contribution in [0.5, 0.6) is 0 Å². The van der Waals surface area contributed by atoms with Crippen molar-refractivity contribution in [3.8, 4) is 0 Å². The second-order valence-electron chi connectivity index (χ2n) is 3.34. The lowest BCUT2D eigenvalue weighted by molar-refractivity contribution is 0.434. The van der Waals surface area contributed by atoms with E-state index in [0.29, 0.717) is 12.4 Å². The van der Waals surface area contributed by atoms with Crippen LogP contribution >= 0.6 is 0 Å². The van der Waals surface area contributed by atoms with Gasteiger partial charge in [0, 0.05) is 12.0 Å². The molecule has 0 fully saturated rings. The van der Waals surface area contributed by atoms with Gasteiger partial charge in [-0.3, -0.25) is 0 Å². The van der Waals surface area contributed by atoms with Crippen molar-refractivity contribution in [1.82, 2.24) is 9.97 Å². The van der Waals surface area contributed by atoms with Crippen LogP contribution in [0.3, 0.4) is 0 Å². The smallest absolute Gasteiger partial charge is 0.159 e. The minimum Gasteiger partial charge on any atom is -0.329 e. The molecular weight excluding hydrogens is 169 g/mol. The molecule has 2 N–H and O–H groups in total. The van der Waals surface area contributed by atoms with E-state index in [2.05, 4.69) is 9.97 Å². The summed E-state index contributed by atoms with van der Waals surface area (Å²) in [5.74, 6) is 0.193. The molecule has 0 saturated carbocycles. The van der Waals surface area contributed by atoms with E-state index in [4.69, 9.17) is 5.73 Å². The van der Waals surface area contributed by atoms with Crippen LogP contribution in [0.15, 0.2) is 12.4 Å². The minimum absolute atomic E-state index is 0.242. The SMILES string of the molecule is CCC(C)(CN)c1ncc(F)cn1. The van der Waals surface area contributed by atoms with Gasteiger partial charge in [0.15, 0.2) is 5.82 Å². The normalized spacial score (nSPS) is 15.4. The molecule has 1 unspecified atom stereocenters. The van der Waals surface area contributed by atoms with Crippen molar-refractivity contribution in [2.75, 3.05) is 6.54 Å². The zero-order valence-corrected chi connectivity index (χ0v) is 7.92. The van der Waals surface area contributed by atoms with Crippen LogP contribution in [0, 0.1) is 5.82 Å². The Labute approximate surface area is 77.2 Å². The second-order valence-corrected chi connectivity index (χ2v) is 3.34. The molecule has 1 atom stereocenters. The molecule has 13 heavy (non-hydrogen) atoms. The highest BCUT2D eigenvalue weighted by atomic mass is 19.1. The summed E-state index contributed by atoms with van der Waals surface area (Å²) in [7, 11) is 0. The van der Waals surface area contributed by atoms with Gasteiger partial charge in [0.1, 0.15) is 5.82 Å². The second kappa shape index (κ2) is 3.79. The molecule has 0 aliphatic heterocycles. The van der Waals surface area contributed by atoms with Gasteiger partial charge < -0.3 is 5.73 Å². The quantitative estimate of drug-likeness (QED) is 0.767. The molecule has 72 valence electrons. The maximum absolute atomic E-state index is 12.5. The molecule has 0 amide bonds. The van der Waals surface area contributed by atoms with E-state index in [0.717, 1.165) is 6.42 Å². The Hall–Kier alpha value is -1.03. The molecule has 0 aliphatic rings. The summed E-state index contributed by atoms with van der Waals surface area (Å²) in [6.45, 7) is 4.45. The van der Waals surface area contributed by atoms with Gasteiger partial charge in [0.2, 0.25) is 0 Å². The van der Waals surface area contributed by atoms with Crippen LogP contribution in [0.1, 0.15) is 26.1 Å². The molecule has 0 aliphatic carbocycles. The van der Waals surface area contributed by atoms with E-state index in [1.807, 2.05) is 13.8 Å². The summed E-state index contributed by atoms with van der Waals surface area (Å²) in [6.07, 6.45) is 3.19. The van der Waals surface area contributed by atoms with Gasteiger partial charge in [-0.05, 0) is 6.42 Å². The predicted octanol–water partition coefficient (Wildman–Crippen LogP) is 1.24. The van der Waals surface area contributed by atoms with Crippen molar-refractivity contribution in [3.63, 3.8) is 0 Å². The van der Waals surface area contributed by atoms with Crippen LogP contribution in [0.4, 0.5) is 4.39 Å². The Morgan fingerprint density at radius 3 is 2.38 bits per heavy atom. The highest BCUT2D eigenvalue weighted by Gasteiger charge is 2.25. The van der Waals surface area contributed by atoms with E-state index in [1.165, 1.54) is 12.4 Å². The van der Waals surface area contributed by atoms with Gasteiger partial charge in [-0.15, -0.1) is 0 Å². The zero-order chi connectivity index (χ0) is 9.90. The molecule has 0 spiro atoms. The first-order chi connectivity index (χ1) is 6.12. The number of hydrogen-bond acceptors (Lipinski definition) is 3. The molecule has 1 heterocycles. The fourth-order valence-corrected chi connectivity index (χ4v) is 1.02. The largest absolute Gasteiger partial charge is 0.329 e. The molecular formula is C9H14FN3. The van der Waals surface area contributed by atoms with Crippen molar-refractivity contribution in [2.24, 2.45) is 5.73 Å². The number of halogens is 1. The Morgan fingerprint density at radius 1 is 1.46 bits per heavy atom. The molecule has 0 radical (unpaired) electrons. The average Bonchev–Trinajstić information content (AvgIpc) is 2.18. The lowest BCUT2D eigenvalue weighted by Crippen LogP contribution is -2.33. The first kappa shape index (κ1) is 10.1. The maximum Gasteiger partial charge on any atom is 0.159 e. The summed E-state index contributed by atoms with van der Waals surface area (Å²) in [5, 5.41) is 0. The maximum atomic E-state index is 12.5. The lowest BCUT2D eigenvalue weighted by atomic mass is 9.87. The first-order valence-corrected chi connectivity index (χ1v) is 4.30. The van der Waals surface area contributed by atoms with Crippen LogP contribution < -0.4 is 5.73 Å². The van der Waals surface area contributed by atoms with Crippen molar-refractivity contribution < 1.29 is 4.39 Å². The zero-order valence-electron chi connectivity index (χ0n) is 7.92. The van der Waals surface area contributed by atoms with Gasteiger partial charge in [-0.1, -0.05) is 13.8 Å². The van der Waals surface area contributed by atoms with E-state index < -0.39 is 5.82 Å². The molecule has 0 aromatic carbocycles. The van der Waals surface area contributed by atoms with Crippen molar-refractivity contribution in [3.05, 3.63) is 24.0 Å². The molecule has 1 rings (SSSR count). The minimum atomic E-state index is -0.417. The monoisotopic (exact) mass is 183 g/mol. The van der Waals surface area contributed by atoms with Crippen molar-refractivity contribution in [1.29, 1.82) is 0 Å². The van der Waals surface area contributed by atoms with Crippen LogP contribution in [-0.2, 0) is 5.41 Å². The Balaban J connectivity index is 2.99. The third-order valence-electron chi connectivity index (χ3n) is 2.39. The topological polar surface area (TPSA) is 51.8 Å². The summed E-state index contributed by atoms with van der Waals surface area (Å²) in [4.78, 5) is 7.85. The standard InChI is InChI=1S/C9H14FN3/c1-3-9(2,6-11)8-12-4-7(10)5-13-8/h4-5H,3,6,11H2,1-2H3. The lowest BCUT2D eigenvalue weighted by Gasteiger charge is -2.23. The fourth-order valence-electron chi connectivity index (χ4n) is 1.02. The average molecular weight is 183 g/mol. The number of nitrogens with two attached hydrogens (primary N) is 1. The van der Waals surface area contributed by atoms with Crippen LogP contribution in [0.25, 0.3) is 0 Å². The van der Waals surface area contributed by atoms with E-state index >= 15 is 0 Å². The third kappa shape index (κ3) is 2.01. The fraction of sp³-hybridized carbons (Fsp3) is 0.556. The number of aromatic nitrogens is 2. The van der Waals surface area contributed by atoms with Gasteiger partial charge >= 0.3 is 0 Å². The molecule has 0 saturated heterocycles. The van der Waals surface area contributed by atoms with E-state index in [9.17, 15) is 4.39 Å². The summed E-state index contributed by atoms with van der Waals surface area (Å²) in [5.41, 5.74) is 5.37. The number of rotatable bonds is 3. The predicted molar refractivity (Wildman–Crippen MR) is 48.7 cm³/mol. The number of nitrogens with zero attached hydrogens (tertiary/aromatic N) is 2. The van der Waals surface area contributed by atoms with Crippen molar-refractivity contribution >= 4 is 0 Å². The molecule has 0 bridgehead atoms. The highest BCUT2D eigenvalue weighted by Crippen LogP contribution is 2.21. The van der Waals surface area contributed by atoms with Crippen molar-refractivity contribution in [2.45, 2.75) is 25.7 Å². The summed E-state index contributed by atoms with van der Waals surface area (Å²) in [6, 6.07) is 0. The summed E-state index contributed by atoms with van der Waals surface area (Å²) < 4.78 is 12.5. The van der Waals surface area contributed by atoms with Gasteiger partial charge in [-0.25, -0.2) is 14.4 Å². The Kier molecular flexibility index (Phi) is 2.93. The molecule has 4 heteroatoms. The van der Waals surface area contributed by atoms with E-state index in [1.54, 1.807) is 0 Å². The summed E-state index contributed by atoms with van der Waals surface area (Å²) >= 11 is 0. The van der Waals surface area contributed by atoms with E-state index in [-0.39, 0.29) is 5.41 Å². The van der Waals surface area contributed by atoms with Crippen LogP contribution in [0.2, 0.25) is 0 Å². The van der Waals surface area contributed by atoms with Gasteiger partial charge in [0.05, 0.1) is 12.4 Å². The Morgan fingerprint density at radius 2 is 2.00 bits per heavy atom. The van der Waals surface area contributed by atoms with Crippen LogP contribution in [-0.4, -0.2) is 16.5 Å². The molecule has 1 aromatic heterocycles. The highest BCUT2D eigenvalue weighted by molar-refractivity contribution is 5.06. The molecule has 1 aromatic rings. The molecule has 3 nitrogen and oxygen atoms in total. The Bertz CT molecular complexity index is 267. The van der Waals surface area contributed by atoms with Gasteiger partial charge in [-0.2, -0.15) is 0 Å². The third-order valence-corrected chi connectivity index (χ3v) is 2.39. The van der Waals surface area contributed by atoms with Gasteiger partial charge in [0.25, 0.3) is 0 Å².